The minimum atomic E-state index is -0.756. The molecule has 1 unspecified atom stereocenters. The second-order valence-corrected chi connectivity index (χ2v) is 9.65. The number of esters is 1. The largest absolute Gasteiger partial charge is 0.463 e. The molecule has 1 atom stereocenters. The van der Waals surface area contributed by atoms with E-state index in [0.29, 0.717) is 21.1 Å². The van der Waals surface area contributed by atoms with E-state index in [0.717, 1.165) is 9.95 Å². The highest BCUT2D eigenvalue weighted by Gasteiger charge is 2.17. The van der Waals surface area contributed by atoms with Crippen LogP contribution in [0.2, 0.25) is 5.15 Å². The fourth-order valence-corrected chi connectivity index (χ4v) is 4.38. The summed E-state index contributed by atoms with van der Waals surface area (Å²) in [7, 11) is 1.46. The molecule has 5 rings (SSSR count). The van der Waals surface area contributed by atoms with Crippen LogP contribution in [0, 0.1) is 0 Å². The molecule has 38 heavy (non-hydrogen) atoms. The molecule has 0 aromatic carbocycles. The molecule has 0 radical (unpaired) electrons. The van der Waals surface area contributed by atoms with E-state index in [2.05, 4.69) is 46.2 Å². The lowest BCUT2D eigenvalue weighted by atomic mass is 10.3. The van der Waals surface area contributed by atoms with Crippen molar-refractivity contribution in [2.24, 2.45) is 7.05 Å². The minimum absolute atomic E-state index is 0.0396. The number of hydrogen-bond donors (Lipinski definition) is 0. The lowest BCUT2D eigenvalue weighted by molar-refractivity contribution is -0.144. The Hall–Kier alpha value is -3.98. The monoisotopic (exact) mass is 602 g/mol. The van der Waals surface area contributed by atoms with Gasteiger partial charge in [0.05, 0.1) is 43.3 Å². The first kappa shape index (κ1) is 25.7. The topological polar surface area (TPSA) is 158 Å². The van der Waals surface area contributed by atoms with Gasteiger partial charge in [-0.3, -0.25) is 28.2 Å². The van der Waals surface area contributed by atoms with E-state index in [1.54, 1.807) is 6.20 Å². The Kier molecular flexibility index (Phi) is 7.03. The minimum Gasteiger partial charge on any atom is -0.463 e. The van der Waals surface area contributed by atoms with Gasteiger partial charge in [-0.05, 0) is 28.9 Å². The van der Waals surface area contributed by atoms with Crippen molar-refractivity contribution >= 4 is 55.8 Å². The van der Waals surface area contributed by atoms with Crippen molar-refractivity contribution < 1.29 is 9.53 Å². The maximum Gasteiger partial charge on any atom is 0.318 e. The van der Waals surface area contributed by atoms with Gasteiger partial charge in [0.1, 0.15) is 34.0 Å². The predicted molar refractivity (Wildman–Crippen MR) is 139 cm³/mol. The molecule has 0 aliphatic heterocycles. The van der Waals surface area contributed by atoms with Crippen molar-refractivity contribution in [3.8, 4) is 0 Å². The number of fused-ring (bicyclic) bond motifs is 2. The Morgan fingerprint density at radius 2 is 1.97 bits per heavy atom. The molecule has 14 nitrogen and oxygen atoms in total. The Morgan fingerprint density at radius 1 is 1.16 bits per heavy atom. The summed E-state index contributed by atoms with van der Waals surface area (Å²) in [5, 5.41) is 9.15. The number of halogens is 2. The van der Waals surface area contributed by atoms with Gasteiger partial charge in [0, 0.05) is 13.2 Å². The zero-order valence-electron chi connectivity index (χ0n) is 20.2. The Labute approximate surface area is 227 Å². The third kappa shape index (κ3) is 4.93. The van der Waals surface area contributed by atoms with Crippen molar-refractivity contribution in [1.82, 2.24) is 48.6 Å². The molecule has 0 spiro atoms. The number of hydrogen-bond acceptors (Lipinski definition) is 10. The van der Waals surface area contributed by atoms with Gasteiger partial charge >= 0.3 is 17.1 Å². The highest BCUT2D eigenvalue weighted by molar-refractivity contribution is 9.10. The summed E-state index contributed by atoms with van der Waals surface area (Å²) in [5.74, 6) is -0.410. The first-order chi connectivity index (χ1) is 18.2. The maximum atomic E-state index is 12.6. The highest BCUT2D eigenvalue weighted by atomic mass is 79.9. The fourth-order valence-electron chi connectivity index (χ4n) is 3.92. The molecule has 196 valence electrons. The lowest BCUT2D eigenvalue weighted by Gasteiger charge is -2.15. The van der Waals surface area contributed by atoms with Gasteiger partial charge in [0.25, 0.3) is 0 Å². The summed E-state index contributed by atoms with van der Waals surface area (Å²) in [6.45, 7) is 2.22. The summed E-state index contributed by atoms with van der Waals surface area (Å²) in [5.41, 5.74) is 0.0540. The standard InChI is InChI=1S/C22H20BrClN10O4/c1-12(33-6-3-14-17(24)26-11-27-18(14)33)10-38-16(35)4-5-32-8-13(29-30-32)9-34-19-20(28-15(23)7-25-19)31(2)21(36)22(34)37/h3,6-8,11-12H,4-5,9-10H2,1-2H3. The van der Waals surface area contributed by atoms with Crippen LogP contribution in [0.3, 0.4) is 0 Å². The van der Waals surface area contributed by atoms with Crippen LogP contribution in [0.1, 0.15) is 25.1 Å². The quantitative estimate of drug-likeness (QED) is 0.145. The first-order valence-corrected chi connectivity index (χ1v) is 12.5. The maximum absolute atomic E-state index is 12.6. The Morgan fingerprint density at radius 3 is 2.79 bits per heavy atom. The van der Waals surface area contributed by atoms with Crippen molar-refractivity contribution in [3.05, 3.63) is 67.1 Å². The van der Waals surface area contributed by atoms with Crippen molar-refractivity contribution in [3.63, 3.8) is 0 Å². The van der Waals surface area contributed by atoms with Crippen molar-refractivity contribution in [1.29, 1.82) is 0 Å². The highest BCUT2D eigenvalue weighted by Crippen LogP contribution is 2.23. The number of ether oxygens (including phenoxy) is 1. The molecule has 0 aliphatic carbocycles. The molecule has 5 aromatic rings. The normalized spacial score (nSPS) is 12.3. The summed E-state index contributed by atoms with van der Waals surface area (Å²) in [6.07, 6.45) is 6.29. The van der Waals surface area contributed by atoms with Crippen molar-refractivity contribution in [2.45, 2.75) is 32.5 Å². The number of carbonyl (C=O) groups excluding carboxylic acids is 1. The summed E-state index contributed by atoms with van der Waals surface area (Å²) >= 11 is 9.32. The molecule has 0 N–H and O–H groups in total. The predicted octanol–water partition coefficient (Wildman–Crippen LogP) is 1.49. The summed E-state index contributed by atoms with van der Waals surface area (Å²) in [4.78, 5) is 54.1. The van der Waals surface area contributed by atoms with Gasteiger partial charge in [-0.1, -0.05) is 16.8 Å². The molecule has 0 saturated heterocycles. The van der Waals surface area contributed by atoms with Crippen LogP contribution >= 0.6 is 27.5 Å². The van der Waals surface area contributed by atoms with Gasteiger partial charge in [0.15, 0.2) is 11.3 Å². The molecule has 5 aromatic heterocycles. The third-order valence-electron chi connectivity index (χ3n) is 5.88. The van der Waals surface area contributed by atoms with Crippen LogP contribution in [0.25, 0.3) is 22.3 Å². The molecular weight excluding hydrogens is 584 g/mol. The second kappa shape index (κ2) is 10.4. The van der Waals surface area contributed by atoms with Crippen LogP contribution in [0.4, 0.5) is 0 Å². The third-order valence-corrected chi connectivity index (χ3v) is 6.57. The first-order valence-electron chi connectivity index (χ1n) is 11.4. The van der Waals surface area contributed by atoms with Crippen LogP contribution in [-0.2, 0) is 29.7 Å². The number of aryl methyl sites for hydroxylation is 2. The average Bonchev–Trinajstić information content (AvgIpc) is 3.55. The van der Waals surface area contributed by atoms with E-state index in [9.17, 15) is 14.4 Å². The van der Waals surface area contributed by atoms with Gasteiger partial charge in [-0.25, -0.2) is 19.9 Å². The SMILES string of the molecule is CC(COC(=O)CCn1cc(Cn2c(=O)c(=O)n(C)c3nc(Br)cnc32)nn1)n1ccc2c(Cl)ncnc21. The Bertz CT molecular complexity index is 1790. The molecule has 0 aliphatic rings. The van der Waals surface area contributed by atoms with E-state index in [1.165, 1.54) is 28.8 Å². The van der Waals surface area contributed by atoms with Gasteiger partial charge < -0.3 is 9.30 Å². The van der Waals surface area contributed by atoms with E-state index >= 15 is 0 Å². The van der Waals surface area contributed by atoms with E-state index in [-0.39, 0.29) is 43.5 Å². The lowest BCUT2D eigenvalue weighted by Crippen LogP contribution is -2.41. The van der Waals surface area contributed by atoms with E-state index < -0.39 is 17.1 Å². The van der Waals surface area contributed by atoms with Crippen LogP contribution < -0.4 is 11.1 Å². The van der Waals surface area contributed by atoms with Crippen molar-refractivity contribution in [2.75, 3.05) is 6.61 Å². The Balaban J connectivity index is 1.21. The van der Waals surface area contributed by atoms with Gasteiger partial charge in [0.2, 0.25) is 0 Å². The second-order valence-electron chi connectivity index (χ2n) is 8.48. The zero-order chi connectivity index (χ0) is 27.0. The summed E-state index contributed by atoms with van der Waals surface area (Å²) in [6, 6.07) is 1.64. The molecular formula is C22H20BrClN10O4. The van der Waals surface area contributed by atoms with Gasteiger partial charge in [-0.15, -0.1) is 5.10 Å². The number of aromatic nitrogens is 10. The fraction of sp³-hybridized carbons (Fsp3) is 0.318. The van der Waals surface area contributed by atoms with E-state index in [4.69, 9.17) is 16.3 Å². The number of carbonyl (C=O) groups is 1. The molecule has 0 fully saturated rings. The summed E-state index contributed by atoms with van der Waals surface area (Å²) < 4.78 is 11.5. The van der Waals surface area contributed by atoms with Crippen LogP contribution in [0.5, 0.6) is 0 Å². The van der Waals surface area contributed by atoms with E-state index in [1.807, 2.05) is 23.8 Å². The molecule has 16 heteroatoms. The number of nitrogens with zero attached hydrogens (tertiary/aromatic N) is 10. The average molecular weight is 604 g/mol. The zero-order valence-corrected chi connectivity index (χ0v) is 22.5. The molecule has 5 heterocycles. The van der Waals surface area contributed by atoms with Crippen LogP contribution in [0.15, 0.2) is 45.2 Å². The molecule has 0 bridgehead atoms. The smallest absolute Gasteiger partial charge is 0.318 e. The van der Waals surface area contributed by atoms with Gasteiger partial charge in [-0.2, -0.15) is 0 Å². The van der Waals surface area contributed by atoms with Crippen LogP contribution in [-0.4, -0.2) is 61.2 Å². The number of rotatable bonds is 8. The molecule has 0 amide bonds. The molecule has 0 saturated carbocycles.